The van der Waals surface area contributed by atoms with Crippen LogP contribution < -0.4 is 4.72 Å². The van der Waals surface area contributed by atoms with Crippen molar-refractivity contribution in [2.45, 2.75) is 24.1 Å². The van der Waals surface area contributed by atoms with E-state index in [2.05, 4.69) is 9.71 Å². The Kier molecular flexibility index (Phi) is 4.86. The molecule has 2 atom stereocenters. The molecule has 1 heterocycles. The first kappa shape index (κ1) is 16.9. The van der Waals surface area contributed by atoms with Gasteiger partial charge in [-0.2, -0.15) is 0 Å². The van der Waals surface area contributed by atoms with Crippen molar-refractivity contribution in [3.8, 4) is 0 Å². The van der Waals surface area contributed by atoms with Crippen LogP contribution in [-0.2, 0) is 17.1 Å². The second-order valence-electron chi connectivity index (χ2n) is 4.86. The molecule has 22 heavy (non-hydrogen) atoms. The maximum Gasteiger partial charge on any atom is 0.261 e. The van der Waals surface area contributed by atoms with Gasteiger partial charge in [0.2, 0.25) is 5.03 Å². The molecule has 0 aliphatic rings. The molecule has 2 rings (SSSR count). The summed E-state index contributed by atoms with van der Waals surface area (Å²) in [6.07, 6.45) is 0.135. The third kappa shape index (κ3) is 3.46. The standard InChI is InChI=1S/C13H15ClFN3O3S/c1-8(11(19)9-3-5-10(15)6-4-9)17-22(20,21)13-12(14)18(2)7-16-13/h3-8,11,17,19H,1-2H3. The van der Waals surface area contributed by atoms with Crippen LogP contribution in [0.3, 0.4) is 0 Å². The first-order valence-corrected chi connectivity index (χ1v) is 8.21. The summed E-state index contributed by atoms with van der Waals surface area (Å²) in [6, 6.07) is 4.30. The number of aryl methyl sites for hydroxylation is 1. The van der Waals surface area contributed by atoms with Gasteiger partial charge in [0.05, 0.1) is 12.4 Å². The monoisotopic (exact) mass is 347 g/mol. The van der Waals surface area contributed by atoms with E-state index in [1.165, 1.54) is 42.1 Å². The van der Waals surface area contributed by atoms with Crippen LogP contribution in [0.15, 0.2) is 35.6 Å². The van der Waals surface area contributed by atoms with E-state index in [9.17, 15) is 17.9 Å². The molecule has 2 unspecified atom stereocenters. The van der Waals surface area contributed by atoms with E-state index in [0.717, 1.165) is 0 Å². The van der Waals surface area contributed by atoms with Gasteiger partial charge in [-0.3, -0.25) is 0 Å². The van der Waals surface area contributed by atoms with Crippen molar-refractivity contribution >= 4 is 21.6 Å². The van der Waals surface area contributed by atoms with Gasteiger partial charge in [0.1, 0.15) is 11.0 Å². The summed E-state index contributed by atoms with van der Waals surface area (Å²) < 4.78 is 41.0. The predicted molar refractivity (Wildman–Crippen MR) is 79.4 cm³/mol. The molecular weight excluding hydrogens is 333 g/mol. The molecule has 2 aromatic rings. The van der Waals surface area contributed by atoms with Crippen molar-refractivity contribution in [1.82, 2.24) is 14.3 Å². The average Bonchev–Trinajstić information content (AvgIpc) is 2.79. The van der Waals surface area contributed by atoms with E-state index >= 15 is 0 Å². The molecule has 1 aromatic carbocycles. The fourth-order valence-electron chi connectivity index (χ4n) is 1.89. The number of nitrogens with one attached hydrogen (secondary N) is 1. The molecule has 0 fully saturated rings. The Morgan fingerprint density at radius 3 is 2.45 bits per heavy atom. The molecular formula is C13H15ClFN3O3S. The largest absolute Gasteiger partial charge is 0.387 e. The summed E-state index contributed by atoms with van der Waals surface area (Å²) in [7, 11) is -2.42. The molecule has 1 aromatic heterocycles. The van der Waals surface area contributed by atoms with Crippen molar-refractivity contribution in [2.75, 3.05) is 0 Å². The number of aliphatic hydroxyl groups is 1. The minimum absolute atomic E-state index is 0.0315. The number of halogens is 2. The van der Waals surface area contributed by atoms with Crippen LogP contribution in [0.1, 0.15) is 18.6 Å². The first-order valence-electron chi connectivity index (χ1n) is 6.35. The van der Waals surface area contributed by atoms with E-state index in [1.807, 2.05) is 0 Å². The third-order valence-corrected chi connectivity index (χ3v) is 5.16. The number of imidazole rings is 1. The van der Waals surface area contributed by atoms with E-state index in [-0.39, 0.29) is 10.2 Å². The lowest BCUT2D eigenvalue weighted by Gasteiger charge is -2.20. The van der Waals surface area contributed by atoms with Crippen molar-refractivity contribution < 1.29 is 17.9 Å². The summed E-state index contributed by atoms with van der Waals surface area (Å²) in [6.45, 7) is 1.49. The highest BCUT2D eigenvalue weighted by molar-refractivity contribution is 7.89. The normalized spacial score (nSPS) is 14.8. The van der Waals surface area contributed by atoms with E-state index in [1.54, 1.807) is 7.05 Å². The minimum Gasteiger partial charge on any atom is -0.387 e. The lowest BCUT2D eigenvalue weighted by atomic mass is 10.0. The summed E-state index contributed by atoms with van der Waals surface area (Å²) in [5.41, 5.74) is 0.392. The van der Waals surface area contributed by atoms with Crippen molar-refractivity contribution in [2.24, 2.45) is 7.05 Å². The zero-order chi connectivity index (χ0) is 16.5. The lowest BCUT2D eigenvalue weighted by molar-refractivity contribution is 0.146. The molecule has 0 aliphatic heterocycles. The smallest absolute Gasteiger partial charge is 0.261 e. The number of benzene rings is 1. The topological polar surface area (TPSA) is 84.2 Å². The summed E-state index contributed by atoms with van der Waals surface area (Å²) in [4.78, 5) is 3.73. The molecule has 0 saturated carbocycles. The van der Waals surface area contributed by atoms with Gasteiger partial charge in [-0.15, -0.1) is 0 Å². The molecule has 120 valence electrons. The number of hydrogen-bond acceptors (Lipinski definition) is 4. The van der Waals surface area contributed by atoms with Crippen LogP contribution in [0.4, 0.5) is 4.39 Å². The molecule has 6 nitrogen and oxygen atoms in total. The van der Waals surface area contributed by atoms with Gasteiger partial charge in [0.25, 0.3) is 10.0 Å². The Balaban J connectivity index is 2.18. The first-order chi connectivity index (χ1) is 10.2. The van der Waals surface area contributed by atoms with Gasteiger partial charge in [-0.25, -0.2) is 22.5 Å². The minimum atomic E-state index is -3.98. The van der Waals surface area contributed by atoms with Crippen molar-refractivity contribution in [3.63, 3.8) is 0 Å². The van der Waals surface area contributed by atoms with Gasteiger partial charge in [-0.1, -0.05) is 23.7 Å². The number of rotatable bonds is 5. The highest BCUT2D eigenvalue weighted by Crippen LogP contribution is 2.22. The zero-order valence-corrected chi connectivity index (χ0v) is 13.4. The van der Waals surface area contributed by atoms with E-state index < -0.39 is 28.0 Å². The Morgan fingerprint density at radius 2 is 1.95 bits per heavy atom. The van der Waals surface area contributed by atoms with Gasteiger partial charge in [0.15, 0.2) is 0 Å². The SMILES string of the molecule is CC(NS(=O)(=O)c1ncn(C)c1Cl)C(O)c1ccc(F)cc1. The maximum absolute atomic E-state index is 12.9. The van der Waals surface area contributed by atoms with Gasteiger partial charge < -0.3 is 9.67 Å². The highest BCUT2D eigenvalue weighted by Gasteiger charge is 2.27. The fraction of sp³-hybridized carbons (Fsp3) is 0.308. The fourth-order valence-corrected chi connectivity index (χ4v) is 3.57. The summed E-state index contributed by atoms with van der Waals surface area (Å²) >= 11 is 5.87. The number of aromatic nitrogens is 2. The Bertz CT molecular complexity index is 761. The molecule has 9 heteroatoms. The second-order valence-corrected chi connectivity index (χ2v) is 6.85. The Morgan fingerprint density at radius 1 is 1.36 bits per heavy atom. The Hall–Kier alpha value is -1.48. The number of sulfonamides is 1. The van der Waals surface area contributed by atoms with Crippen molar-refractivity contribution in [1.29, 1.82) is 0 Å². The van der Waals surface area contributed by atoms with Gasteiger partial charge in [0, 0.05) is 13.1 Å². The molecule has 0 bridgehead atoms. The van der Waals surface area contributed by atoms with Crippen LogP contribution in [0, 0.1) is 5.82 Å². The molecule has 0 radical (unpaired) electrons. The molecule has 0 saturated heterocycles. The van der Waals surface area contributed by atoms with Crippen LogP contribution in [0.2, 0.25) is 5.15 Å². The van der Waals surface area contributed by atoms with Gasteiger partial charge in [-0.05, 0) is 24.6 Å². The zero-order valence-electron chi connectivity index (χ0n) is 11.9. The number of hydrogen-bond donors (Lipinski definition) is 2. The number of aliphatic hydroxyl groups excluding tert-OH is 1. The second kappa shape index (κ2) is 6.33. The summed E-state index contributed by atoms with van der Waals surface area (Å²) in [5.74, 6) is -0.440. The van der Waals surface area contributed by atoms with Crippen LogP contribution in [0.25, 0.3) is 0 Å². The molecule has 0 spiro atoms. The van der Waals surface area contributed by atoms with E-state index in [4.69, 9.17) is 11.6 Å². The molecule has 0 amide bonds. The molecule has 2 N–H and O–H groups in total. The molecule has 0 aliphatic carbocycles. The predicted octanol–water partition coefficient (Wildman–Crippen LogP) is 1.61. The van der Waals surface area contributed by atoms with Crippen LogP contribution in [-0.4, -0.2) is 29.1 Å². The quantitative estimate of drug-likeness (QED) is 0.860. The Labute approximate surface area is 132 Å². The third-order valence-electron chi connectivity index (χ3n) is 3.12. The summed E-state index contributed by atoms with van der Waals surface area (Å²) in [5, 5.41) is 9.81. The van der Waals surface area contributed by atoms with Gasteiger partial charge >= 0.3 is 0 Å². The highest BCUT2D eigenvalue weighted by atomic mass is 35.5. The van der Waals surface area contributed by atoms with E-state index in [0.29, 0.717) is 5.56 Å². The lowest BCUT2D eigenvalue weighted by Crippen LogP contribution is -2.37. The van der Waals surface area contributed by atoms with Crippen LogP contribution in [0.5, 0.6) is 0 Å². The van der Waals surface area contributed by atoms with Crippen molar-refractivity contribution in [3.05, 3.63) is 47.1 Å². The van der Waals surface area contributed by atoms with Crippen LogP contribution >= 0.6 is 11.6 Å². The average molecular weight is 348 g/mol. The maximum atomic E-state index is 12.9. The number of nitrogens with zero attached hydrogens (tertiary/aromatic N) is 2.